The first-order valence-electron chi connectivity index (χ1n) is 7.46. The smallest absolute Gasteiger partial charge is 0.195 e. The van der Waals surface area contributed by atoms with Crippen molar-refractivity contribution in [2.75, 3.05) is 38.4 Å². The Bertz CT molecular complexity index is 532. The zero-order valence-corrected chi connectivity index (χ0v) is 14.5. The van der Waals surface area contributed by atoms with Gasteiger partial charge < -0.3 is 20.1 Å². The number of hydrogen-bond acceptors (Lipinski definition) is 4. The Kier molecular flexibility index (Phi) is 5.83. The van der Waals surface area contributed by atoms with Crippen LogP contribution in [-0.4, -0.2) is 43.8 Å². The molecule has 0 spiro atoms. The first-order valence-corrected chi connectivity index (χ1v) is 8.69. The number of thioether (sulfide) groups is 1. The maximum atomic E-state index is 5.71. The molecule has 0 bridgehead atoms. The van der Waals surface area contributed by atoms with E-state index in [0.29, 0.717) is 13.2 Å². The van der Waals surface area contributed by atoms with E-state index in [4.69, 9.17) is 9.47 Å². The Morgan fingerprint density at radius 1 is 1.27 bits per heavy atom. The first-order chi connectivity index (χ1) is 10.5. The van der Waals surface area contributed by atoms with Crippen molar-refractivity contribution in [1.82, 2.24) is 5.32 Å². The van der Waals surface area contributed by atoms with Crippen LogP contribution >= 0.6 is 11.8 Å². The van der Waals surface area contributed by atoms with Crippen molar-refractivity contribution in [1.29, 1.82) is 0 Å². The third kappa shape index (κ3) is 4.73. The maximum absolute atomic E-state index is 5.71. The van der Waals surface area contributed by atoms with Gasteiger partial charge in [0.1, 0.15) is 0 Å². The molecular formula is C16H25N3O2S. The van der Waals surface area contributed by atoms with E-state index in [1.807, 2.05) is 30.0 Å². The van der Waals surface area contributed by atoms with Crippen molar-refractivity contribution in [3.8, 4) is 11.5 Å². The summed E-state index contributed by atoms with van der Waals surface area (Å²) < 4.78 is 11.5. The third-order valence-corrected chi connectivity index (χ3v) is 4.72. The van der Waals surface area contributed by atoms with Crippen LogP contribution in [0.4, 0.5) is 5.69 Å². The SMILES string of the molecule is CN=C(NCC(C)(C)SC)Nc1ccc2c(c1)OCCCO2. The lowest BCUT2D eigenvalue weighted by Gasteiger charge is -2.23. The van der Waals surface area contributed by atoms with Gasteiger partial charge in [-0.1, -0.05) is 0 Å². The number of benzene rings is 1. The lowest BCUT2D eigenvalue weighted by atomic mass is 10.2. The fourth-order valence-electron chi connectivity index (χ4n) is 1.93. The van der Waals surface area contributed by atoms with Gasteiger partial charge in [-0.05, 0) is 32.2 Å². The quantitative estimate of drug-likeness (QED) is 0.659. The lowest BCUT2D eigenvalue weighted by molar-refractivity contribution is 0.297. The summed E-state index contributed by atoms with van der Waals surface area (Å²) in [4.78, 5) is 4.26. The fraction of sp³-hybridized carbons (Fsp3) is 0.562. The van der Waals surface area contributed by atoms with Crippen LogP contribution < -0.4 is 20.1 Å². The molecule has 0 unspecified atom stereocenters. The summed E-state index contributed by atoms with van der Waals surface area (Å²) in [7, 11) is 1.77. The summed E-state index contributed by atoms with van der Waals surface area (Å²) in [5, 5.41) is 6.64. The Morgan fingerprint density at radius 2 is 2.00 bits per heavy atom. The van der Waals surface area contributed by atoms with Gasteiger partial charge >= 0.3 is 0 Å². The molecule has 0 saturated heterocycles. The van der Waals surface area contributed by atoms with Crippen LogP contribution in [-0.2, 0) is 0 Å². The summed E-state index contributed by atoms with van der Waals surface area (Å²) in [6.45, 7) is 6.62. The van der Waals surface area contributed by atoms with Crippen LogP contribution in [0.5, 0.6) is 11.5 Å². The van der Waals surface area contributed by atoms with Gasteiger partial charge in [-0.3, -0.25) is 4.99 Å². The van der Waals surface area contributed by atoms with Gasteiger partial charge in [-0.2, -0.15) is 11.8 Å². The number of guanidine groups is 1. The van der Waals surface area contributed by atoms with Gasteiger partial charge in [-0.25, -0.2) is 0 Å². The van der Waals surface area contributed by atoms with Crippen LogP contribution in [0.3, 0.4) is 0 Å². The molecule has 1 aliphatic rings. The predicted molar refractivity (Wildman–Crippen MR) is 94.6 cm³/mol. The fourth-order valence-corrected chi connectivity index (χ4v) is 2.14. The van der Waals surface area contributed by atoms with Crippen molar-refractivity contribution < 1.29 is 9.47 Å². The number of ether oxygens (including phenoxy) is 2. The number of nitrogens with zero attached hydrogens (tertiary/aromatic N) is 1. The minimum atomic E-state index is 0.155. The highest BCUT2D eigenvalue weighted by Crippen LogP contribution is 2.32. The summed E-state index contributed by atoms with van der Waals surface area (Å²) >= 11 is 1.82. The highest BCUT2D eigenvalue weighted by Gasteiger charge is 2.16. The maximum Gasteiger partial charge on any atom is 0.195 e. The minimum Gasteiger partial charge on any atom is -0.490 e. The normalized spacial score (nSPS) is 15.2. The Balaban J connectivity index is 2.01. The largest absolute Gasteiger partial charge is 0.490 e. The molecule has 1 aromatic carbocycles. The lowest BCUT2D eigenvalue weighted by Crippen LogP contribution is -2.39. The van der Waals surface area contributed by atoms with Crippen LogP contribution in [0.15, 0.2) is 23.2 Å². The number of hydrogen-bond donors (Lipinski definition) is 2. The molecular weight excluding hydrogens is 298 g/mol. The Hall–Kier alpha value is -1.56. The molecule has 5 nitrogen and oxygen atoms in total. The number of anilines is 1. The second-order valence-electron chi connectivity index (χ2n) is 5.73. The number of fused-ring (bicyclic) bond motifs is 1. The molecule has 0 saturated carbocycles. The molecule has 1 aliphatic heterocycles. The van der Waals surface area contributed by atoms with Gasteiger partial charge in [0.25, 0.3) is 0 Å². The molecule has 1 heterocycles. The third-order valence-electron chi connectivity index (χ3n) is 3.47. The minimum absolute atomic E-state index is 0.155. The molecule has 2 rings (SSSR count). The van der Waals surface area contributed by atoms with E-state index in [1.165, 1.54) is 0 Å². The monoisotopic (exact) mass is 323 g/mol. The Morgan fingerprint density at radius 3 is 2.68 bits per heavy atom. The van der Waals surface area contributed by atoms with Crippen molar-refractivity contribution in [3.63, 3.8) is 0 Å². The molecule has 0 amide bonds. The van der Waals surface area contributed by atoms with Gasteiger partial charge in [0, 0.05) is 36.5 Å². The molecule has 2 N–H and O–H groups in total. The average Bonchev–Trinajstić information content (AvgIpc) is 2.76. The molecule has 6 heteroatoms. The van der Waals surface area contributed by atoms with Crippen molar-refractivity contribution in [2.45, 2.75) is 25.0 Å². The van der Waals surface area contributed by atoms with E-state index in [-0.39, 0.29) is 4.75 Å². The van der Waals surface area contributed by atoms with Gasteiger partial charge in [0.2, 0.25) is 0 Å². The van der Waals surface area contributed by atoms with E-state index in [2.05, 4.69) is 35.7 Å². The van der Waals surface area contributed by atoms with Crippen molar-refractivity contribution in [2.24, 2.45) is 4.99 Å². The van der Waals surface area contributed by atoms with Crippen LogP contribution in [0.1, 0.15) is 20.3 Å². The molecule has 0 radical (unpaired) electrons. The van der Waals surface area contributed by atoms with Crippen LogP contribution in [0, 0.1) is 0 Å². The molecule has 0 atom stereocenters. The molecule has 0 fully saturated rings. The summed E-state index contributed by atoms with van der Waals surface area (Å²) in [5.41, 5.74) is 0.930. The summed E-state index contributed by atoms with van der Waals surface area (Å²) in [5.74, 6) is 2.33. The second kappa shape index (κ2) is 7.63. The standard InChI is InChI=1S/C16H25N3O2S/c1-16(2,22-4)11-18-15(17-3)19-12-6-7-13-14(10-12)21-9-5-8-20-13/h6-7,10H,5,8-9,11H2,1-4H3,(H2,17,18,19). The van der Waals surface area contributed by atoms with Crippen molar-refractivity contribution >= 4 is 23.4 Å². The zero-order chi connectivity index (χ0) is 16.0. The van der Waals surface area contributed by atoms with Crippen LogP contribution in [0.25, 0.3) is 0 Å². The average molecular weight is 323 g/mol. The first kappa shape index (κ1) is 16.8. The highest BCUT2D eigenvalue weighted by molar-refractivity contribution is 7.99. The molecule has 0 aliphatic carbocycles. The summed E-state index contributed by atoms with van der Waals surface area (Å²) in [6, 6.07) is 5.86. The predicted octanol–water partition coefficient (Wildman–Crippen LogP) is 2.98. The van der Waals surface area contributed by atoms with E-state index >= 15 is 0 Å². The number of aliphatic imine (C=N–C) groups is 1. The number of rotatable bonds is 4. The molecule has 122 valence electrons. The summed E-state index contributed by atoms with van der Waals surface area (Å²) in [6.07, 6.45) is 3.02. The molecule has 1 aromatic rings. The van der Waals surface area contributed by atoms with Gasteiger partial charge in [0.05, 0.1) is 13.2 Å². The van der Waals surface area contributed by atoms with Gasteiger partial charge in [-0.15, -0.1) is 0 Å². The van der Waals surface area contributed by atoms with E-state index < -0.39 is 0 Å². The molecule has 22 heavy (non-hydrogen) atoms. The number of nitrogens with one attached hydrogen (secondary N) is 2. The zero-order valence-electron chi connectivity index (χ0n) is 13.7. The van der Waals surface area contributed by atoms with E-state index in [9.17, 15) is 0 Å². The topological polar surface area (TPSA) is 54.9 Å². The van der Waals surface area contributed by atoms with Crippen LogP contribution in [0.2, 0.25) is 0 Å². The van der Waals surface area contributed by atoms with Gasteiger partial charge in [0.15, 0.2) is 17.5 Å². The van der Waals surface area contributed by atoms with E-state index in [1.54, 1.807) is 7.05 Å². The molecule has 0 aromatic heterocycles. The Labute approximate surface area is 136 Å². The van der Waals surface area contributed by atoms with E-state index in [0.717, 1.165) is 36.1 Å². The van der Waals surface area contributed by atoms with Crippen molar-refractivity contribution in [3.05, 3.63) is 18.2 Å². The second-order valence-corrected chi connectivity index (χ2v) is 7.24. The highest BCUT2D eigenvalue weighted by atomic mass is 32.2.